The van der Waals surface area contributed by atoms with Crippen LogP contribution in [0.4, 0.5) is 15.8 Å². The van der Waals surface area contributed by atoms with Crippen molar-refractivity contribution in [1.29, 1.82) is 0 Å². The van der Waals surface area contributed by atoms with E-state index in [1.54, 1.807) is 21.9 Å². The summed E-state index contributed by atoms with van der Waals surface area (Å²) in [5, 5.41) is 3.31. The van der Waals surface area contributed by atoms with E-state index in [0.29, 0.717) is 26.2 Å². The van der Waals surface area contributed by atoms with E-state index in [1.165, 1.54) is 6.07 Å². The van der Waals surface area contributed by atoms with Crippen molar-refractivity contribution >= 4 is 23.2 Å². The van der Waals surface area contributed by atoms with Gasteiger partial charge in [-0.1, -0.05) is 12.1 Å². The summed E-state index contributed by atoms with van der Waals surface area (Å²) in [4.78, 5) is 31.0. The Bertz CT molecular complexity index is 1080. The number of rotatable bonds is 3. The van der Waals surface area contributed by atoms with Crippen LogP contribution in [-0.4, -0.2) is 67.0 Å². The summed E-state index contributed by atoms with van der Waals surface area (Å²) in [6, 6.07) is 10.7. The van der Waals surface area contributed by atoms with Gasteiger partial charge in [0, 0.05) is 33.2 Å². The van der Waals surface area contributed by atoms with Crippen LogP contribution in [0.2, 0.25) is 0 Å². The Hall–Kier alpha value is -3.13. The van der Waals surface area contributed by atoms with Crippen LogP contribution in [0.1, 0.15) is 29.6 Å². The Kier molecular flexibility index (Phi) is 5.04. The van der Waals surface area contributed by atoms with Gasteiger partial charge in [-0.2, -0.15) is 0 Å². The number of nitrogens with one attached hydrogen (secondary N) is 1. The van der Waals surface area contributed by atoms with E-state index in [4.69, 9.17) is 5.73 Å². The van der Waals surface area contributed by atoms with Crippen molar-refractivity contribution in [3.63, 3.8) is 0 Å². The second-order valence-electron chi connectivity index (χ2n) is 9.05. The first-order valence-electron chi connectivity index (χ1n) is 11.1. The second-order valence-corrected chi connectivity index (χ2v) is 9.05. The smallest absolute Gasteiger partial charge is 0.256 e. The molecule has 0 aromatic heterocycles. The third-order valence-electron chi connectivity index (χ3n) is 6.97. The van der Waals surface area contributed by atoms with Crippen molar-refractivity contribution in [1.82, 2.24) is 9.80 Å². The number of fused-ring (bicyclic) bond motifs is 1. The number of hydrogen-bond donors (Lipinski definition) is 2. The number of nitrogens with two attached hydrogens (primary N) is 1. The number of carbonyl (C=O) groups excluding carboxylic acids is 2. The number of amides is 2. The number of benzene rings is 2. The van der Waals surface area contributed by atoms with E-state index in [9.17, 15) is 14.0 Å². The molecule has 2 aromatic carbocycles. The molecule has 5 rings (SSSR count). The molecular weight excluding hydrogens is 409 g/mol. The Labute approximate surface area is 187 Å². The second kappa shape index (κ2) is 7.78. The predicted octanol–water partition coefficient (Wildman–Crippen LogP) is 2.48. The van der Waals surface area contributed by atoms with E-state index in [2.05, 4.69) is 10.2 Å². The maximum atomic E-state index is 14.9. The fourth-order valence-corrected chi connectivity index (χ4v) is 4.72. The molecule has 32 heavy (non-hydrogen) atoms. The van der Waals surface area contributed by atoms with Crippen molar-refractivity contribution in [2.24, 2.45) is 5.73 Å². The molecule has 0 spiro atoms. The lowest BCUT2D eigenvalue weighted by molar-refractivity contribution is -0.141. The van der Waals surface area contributed by atoms with E-state index < -0.39 is 11.4 Å². The van der Waals surface area contributed by atoms with Crippen LogP contribution < -0.4 is 16.0 Å². The molecule has 2 fully saturated rings. The molecule has 2 aromatic rings. The van der Waals surface area contributed by atoms with Crippen LogP contribution in [0.15, 0.2) is 36.4 Å². The fraction of sp³-hybridized carbons (Fsp3) is 0.417. The summed E-state index contributed by atoms with van der Waals surface area (Å²) >= 11 is 0. The van der Waals surface area contributed by atoms with Crippen molar-refractivity contribution in [3.8, 4) is 11.1 Å². The zero-order chi connectivity index (χ0) is 22.5. The normalized spacial score (nSPS) is 19.3. The van der Waals surface area contributed by atoms with E-state index >= 15 is 0 Å². The molecule has 2 heterocycles. The third-order valence-corrected chi connectivity index (χ3v) is 6.97. The fourth-order valence-electron chi connectivity index (χ4n) is 4.72. The summed E-state index contributed by atoms with van der Waals surface area (Å²) < 4.78 is 14.9. The molecule has 1 aliphatic carbocycles. The summed E-state index contributed by atoms with van der Waals surface area (Å²) in [7, 11) is 2.01. The van der Waals surface area contributed by atoms with Crippen LogP contribution in [0.3, 0.4) is 0 Å². The summed E-state index contributed by atoms with van der Waals surface area (Å²) in [5.74, 6) is -0.905. The lowest BCUT2D eigenvalue weighted by Gasteiger charge is -2.43. The molecule has 7 nitrogen and oxygen atoms in total. The van der Waals surface area contributed by atoms with Crippen LogP contribution in [-0.2, 0) is 4.79 Å². The van der Waals surface area contributed by atoms with Gasteiger partial charge in [-0.25, -0.2) is 4.39 Å². The quantitative estimate of drug-likeness (QED) is 0.771. The summed E-state index contributed by atoms with van der Waals surface area (Å²) in [6.45, 7) is 2.36. The molecule has 8 heteroatoms. The number of piperazine rings is 1. The van der Waals surface area contributed by atoms with Crippen molar-refractivity contribution in [2.45, 2.75) is 24.8 Å². The van der Waals surface area contributed by atoms with Crippen molar-refractivity contribution in [3.05, 3.63) is 47.8 Å². The lowest BCUT2D eigenvalue weighted by atomic mass is 9.76. The Balaban J connectivity index is 1.27. The van der Waals surface area contributed by atoms with Gasteiger partial charge in [0.25, 0.3) is 5.91 Å². The Morgan fingerprint density at radius 2 is 1.66 bits per heavy atom. The number of carbonyl (C=O) groups is 2. The van der Waals surface area contributed by atoms with Gasteiger partial charge >= 0.3 is 0 Å². The minimum Gasteiger partial charge on any atom is -0.366 e. The molecule has 0 atom stereocenters. The molecule has 1 saturated heterocycles. The highest BCUT2D eigenvalue weighted by atomic mass is 19.1. The monoisotopic (exact) mass is 437 g/mol. The van der Waals surface area contributed by atoms with Gasteiger partial charge in [0.05, 0.1) is 29.1 Å². The first-order valence-corrected chi connectivity index (χ1v) is 11.1. The molecule has 2 aliphatic heterocycles. The Morgan fingerprint density at radius 3 is 2.31 bits per heavy atom. The van der Waals surface area contributed by atoms with Crippen LogP contribution in [0, 0.1) is 5.82 Å². The average Bonchev–Trinajstić information content (AvgIpc) is 3.16. The standard InChI is InChI=1S/C24H28FN5O2/c1-28-15-27-20-14-17(4-6-21(20)28)16-3-5-18(19(25)13-16)22(31)29-9-11-30(12-10-29)23(32)24(26)7-2-8-24/h3-6,13-14,27H,2,7-12,15,26H2,1H3. The van der Waals surface area contributed by atoms with Gasteiger partial charge < -0.3 is 25.8 Å². The Morgan fingerprint density at radius 1 is 1.00 bits per heavy atom. The number of hydrogen-bond acceptors (Lipinski definition) is 5. The van der Waals surface area contributed by atoms with Gasteiger partial charge in [0.2, 0.25) is 5.91 Å². The maximum absolute atomic E-state index is 14.9. The number of anilines is 2. The molecular formula is C24H28FN5O2. The van der Waals surface area contributed by atoms with E-state index in [1.807, 2.05) is 25.2 Å². The zero-order valence-corrected chi connectivity index (χ0v) is 18.2. The third kappa shape index (κ3) is 3.48. The van der Waals surface area contributed by atoms with E-state index in [0.717, 1.165) is 48.4 Å². The maximum Gasteiger partial charge on any atom is 0.256 e. The lowest BCUT2D eigenvalue weighted by Crippen LogP contribution is -2.62. The molecule has 2 amide bonds. The molecule has 3 N–H and O–H groups in total. The minimum absolute atomic E-state index is 0.0265. The largest absolute Gasteiger partial charge is 0.366 e. The average molecular weight is 438 g/mol. The van der Waals surface area contributed by atoms with Gasteiger partial charge in [0.15, 0.2) is 0 Å². The molecule has 0 radical (unpaired) electrons. The molecule has 0 bridgehead atoms. The van der Waals surface area contributed by atoms with E-state index in [-0.39, 0.29) is 17.4 Å². The van der Waals surface area contributed by atoms with Crippen LogP contribution in [0.5, 0.6) is 0 Å². The van der Waals surface area contributed by atoms with Gasteiger partial charge in [-0.05, 0) is 54.7 Å². The van der Waals surface area contributed by atoms with Gasteiger partial charge in [0.1, 0.15) is 5.82 Å². The highest BCUT2D eigenvalue weighted by Gasteiger charge is 2.43. The molecule has 0 unspecified atom stereocenters. The van der Waals surface area contributed by atoms with Crippen molar-refractivity contribution in [2.75, 3.05) is 50.1 Å². The van der Waals surface area contributed by atoms with Gasteiger partial charge in [-0.3, -0.25) is 9.59 Å². The highest BCUT2D eigenvalue weighted by molar-refractivity contribution is 5.95. The summed E-state index contributed by atoms with van der Waals surface area (Å²) in [5.41, 5.74) is 9.22. The molecule has 1 saturated carbocycles. The predicted molar refractivity (Wildman–Crippen MR) is 122 cm³/mol. The molecule has 3 aliphatic rings. The SMILES string of the molecule is CN1CNc2cc(-c3ccc(C(=O)N4CCN(C(=O)C5(N)CCC5)CC4)c(F)c3)ccc21. The first-order chi connectivity index (χ1) is 15.4. The van der Waals surface area contributed by atoms with Gasteiger partial charge in [-0.15, -0.1) is 0 Å². The highest BCUT2D eigenvalue weighted by Crippen LogP contribution is 2.35. The van der Waals surface area contributed by atoms with Crippen LogP contribution in [0.25, 0.3) is 11.1 Å². The number of halogens is 1. The van der Waals surface area contributed by atoms with Crippen LogP contribution >= 0.6 is 0 Å². The minimum atomic E-state index is -0.726. The van der Waals surface area contributed by atoms with Crippen molar-refractivity contribution < 1.29 is 14.0 Å². The molecule has 168 valence electrons. The first kappa shape index (κ1) is 20.8. The topological polar surface area (TPSA) is 81.9 Å². The number of nitrogens with zero attached hydrogens (tertiary/aromatic N) is 3. The zero-order valence-electron chi connectivity index (χ0n) is 18.2. The summed E-state index contributed by atoms with van der Waals surface area (Å²) in [6.07, 6.45) is 2.42.